The summed E-state index contributed by atoms with van der Waals surface area (Å²) in [5, 5.41) is 3.68. The van der Waals surface area contributed by atoms with Gasteiger partial charge in [0.05, 0.1) is 23.9 Å². The molecule has 1 spiro atoms. The molecule has 2 aromatic heterocycles. The highest BCUT2D eigenvalue weighted by Gasteiger charge is 2.42. The number of hydrogen-bond donors (Lipinski definition) is 1. The second kappa shape index (κ2) is 9.82. The summed E-state index contributed by atoms with van der Waals surface area (Å²) in [7, 11) is 0. The molecule has 6 nitrogen and oxygen atoms in total. The maximum atomic E-state index is 12.2. The quantitative estimate of drug-likeness (QED) is 0.555. The first kappa shape index (κ1) is 23.0. The van der Waals surface area contributed by atoms with Crippen LogP contribution in [-0.2, 0) is 28.3 Å². The van der Waals surface area contributed by atoms with E-state index in [4.69, 9.17) is 16.3 Å². The summed E-state index contributed by atoms with van der Waals surface area (Å²) in [6.45, 7) is 5.39. The van der Waals surface area contributed by atoms with Crippen molar-refractivity contribution in [2.75, 3.05) is 13.1 Å². The fourth-order valence-corrected chi connectivity index (χ4v) is 5.15. The third-order valence-corrected chi connectivity index (χ3v) is 7.19. The van der Waals surface area contributed by atoms with Crippen molar-refractivity contribution in [2.45, 2.75) is 51.0 Å². The van der Waals surface area contributed by atoms with Crippen LogP contribution in [0, 0.1) is 0 Å². The summed E-state index contributed by atoms with van der Waals surface area (Å²) in [5.41, 5.74) is 5.34. The van der Waals surface area contributed by atoms with Crippen molar-refractivity contribution in [3.05, 3.63) is 94.0 Å². The summed E-state index contributed by atoms with van der Waals surface area (Å²) in [6.07, 6.45) is 7.88. The number of fused-ring (bicyclic) bond motifs is 2. The average molecular weight is 477 g/mol. The zero-order chi connectivity index (χ0) is 23.5. The van der Waals surface area contributed by atoms with Gasteiger partial charge in [-0.2, -0.15) is 0 Å². The van der Waals surface area contributed by atoms with Crippen molar-refractivity contribution >= 4 is 17.5 Å². The first-order chi connectivity index (χ1) is 16.6. The topological polar surface area (TPSA) is 67.4 Å². The number of nitrogens with one attached hydrogen (secondary N) is 1. The highest BCUT2D eigenvalue weighted by molar-refractivity contribution is 6.30. The third-order valence-electron chi connectivity index (χ3n) is 6.95. The lowest BCUT2D eigenvalue weighted by atomic mass is 9.84. The van der Waals surface area contributed by atoms with Crippen molar-refractivity contribution < 1.29 is 9.53 Å². The summed E-state index contributed by atoms with van der Waals surface area (Å²) in [5.74, 6) is -0.0241. The highest BCUT2D eigenvalue weighted by Crippen LogP contribution is 2.43. The minimum Gasteiger partial charge on any atom is -0.365 e. The number of halogens is 1. The Morgan fingerprint density at radius 2 is 1.97 bits per heavy atom. The fourth-order valence-electron chi connectivity index (χ4n) is 4.98. The van der Waals surface area contributed by atoms with Crippen LogP contribution in [0.5, 0.6) is 0 Å². The van der Waals surface area contributed by atoms with E-state index in [2.05, 4.69) is 50.5 Å². The predicted octanol–water partition coefficient (Wildman–Crippen LogP) is 4.77. The Hall–Kier alpha value is -2.80. The Morgan fingerprint density at radius 1 is 1.18 bits per heavy atom. The van der Waals surface area contributed by atoms with Crippen LogP contribution in [0.2, 0.25) is 5.02 Å². The summed E-state index contributed by atoms with van der Waals surface area (Å²) < 4.78 is 6.27. The van der Waals surface area contributed by atoms with Crippen LogP contribution in [-0.4, -0.2) is 33.9 Å². The van der Waals surface area contributed by atoms with Crippen molar-refractivity contribution in [1.82, 2.24) is 20.2 Å². The van der Waals surface area contributed by atoms with E-state index in [0.29, 0.717) is 18.1 Å². The van der Waals surface area contributed by atoms with Crippen molar-refractivity contribution in [3.63, 3.8) is 0 Å². The molecule has 1 amide bonds. The molecule has 0 bridgehead atoms. The highest BCUT2D eigenvalue weighted by atomic mass is 35.5. The number of carbonyl (C=O) groups excluding carboxylic acids is 1. The molecule has 0 saturated carbocycles. The molecule has 2 aliphatic heterocycles. The molecule has 3 aromatic rings. The molecule has 5 rings (SSSR count). The van der Waals surface area contributed by atoms with Gasteiger partial charge >= 0.3 is 0 Å². The van der Waals surface area contributed by atoms with Crippen LogP contribution in [0.3, 0.4) is 0 Å². The van der Waals surface area contributed by atoms with Gasteiger partial charge < -0.3 is 10.1 Å². The lowest BCUT2D eigenvalue weighted by Crippen LogP contribution is -2.42. The maximum absolute atomic E-state index is 12.2. The molecule has 7 heteroatoms. The standard InChI is InChI=1S/C27H29ClN4O2/c1-2-25(33)31-26(24-15-22(28)8-12-30-24)20-5-3-19(4-6-20)17-32-13-9-27(10-14-32)23-16-29-11-7-21(23)18-34-27/h3-8,11-12,15-16,26H,2,9-10,13-14,17-18H2,1H3,(H,31,33)/t26-/m1/s1. The number of nitrogens with zero attached hydrogens (tertiary/aromatic N) is 3. The number of pyridine rings is 2. The van der Waals surface area contributed by atoms with Gasteiger partial charge in [-0.3, -0.25) is 19.7 Å². The second-order valence-corrected chi connectivity index (χ2v) is 9.52. The van der Waals surface area contributed by atoms with Crippen LogP contribution < -0.4 is 5.32 Å². The summed E-state index contributed by atoms with van der Waals surface area (Å²) in [6, 6.07) is 13.7. The van der Waals surface area contributed by atoms with E-state index in [1.807, 2.05) is 19.3 Å². The first-order valence-corrected chi connectivity index (χ1v) is 12.2. The largest absolute Gasteiger partial charge is 0.365 e. The van der Waals surface area contributed by atoms with Gasteiger partial charge in [-0.25, -0.2) is 0 Å². The summed E-state index contributed by atoms with van der Waals surface area (Å²) >= 11 is 6.18. The van der Waals surface area contributed by atoms with Crippen LogP contribution in [0.25, 0.3) is 0 Å². The van der Waals surface area contributed by atoms with Crippen LogP contribution in [0.1, 0.15) is 60.2 Å². The van der Waals surface area contributed by atoms with Gasteiger partial charge in [0, 0.05) is 55.2 Å². The molecule has 1 N–H and O–H groups in total. The molecule has 0 unspecified atom stereocenters. The zero-order valence-corrected chi connectivity index (χ0v) is 20.1. The van der Waals surface area contributed by atoms with E-state index < -0.39 is 0 Å². The Kier molecular flexibility index (Phi) is 6.63. The molecule has 1 saturated heterocycles. The number of hydrogen-bond acceptors (Lipinski definition) is 5. The van der Waals surface area contributed by atoms with E-state index >= 15 is 0 Å². The van der Waals surface area contributed by atoms with Gasteiger partial charge in [-0.15, -0.1) is 0 Å². The van der Waals surface area contributed by atoms with Gasteiger partial charge in [0.1, 0.15) is 0 Å². The minimum atomic E-state index is -0.330. The molecule has 2 aliphatic rings. The third kappa shape index (κ3) is 4.71. The predicted molar refractivity (Wildman–Crippen MR) is 131 cm³/mol. The zero-order valence-electron chi connectivity index (χ0n) is 19.3. The smallest absolute Gasteiger partial charge is 0.220 e. The lowest BCUT2D eigenvalue weighted by Gasteiger charge is -2.39. The van der Waals surface area contributed by atoms with E-state index in [1.165, 1.54) is 16.7 Å². The number of amides is 1. The van der Waals surface area contributed by atoms with Crippen molar-refractivity contribution in [3.8, 4) is 0 Å². The SMILES string of the molecule is CCC(=O)N[C@H](c1ccc(CN2CCC3(CC2)OCc2ccncc23)cc1)c1cc(Cl)ccn1. The van der Waals surface area contributed by atoms with Gasteiger partial charge in [0.25, 0.3) is 0 Å². The van der Waals surface area contributed by atoms with Crippen molar-refractivity contribution in [1.29, 1.82) is 0 Å². The van der Waals surface area contributed by atoms with E-state index in [9.17, 15) is 4.79 Å². The Bertz CT molecular complexity index is 1160. The van der Waals surface area contributed by atoms with Crippen LogP contribution in [0.15, 0.2) is 61.1 Å². The fraction of sp³-hybridized carbons (Fsp3) is 0.370. The van der Waals surface area contributed by atoms with Crippen molar-refractivity contribution in [2.24, 2.45) is 0 Å². The van der Waals surface area contributed by atoms with Gasteiger partial charge in [0.15, 0.2) is 0 Å². The van der Waals surface area contributed by atoms with E-state index in [1.54, 1.807) is 18.3 Å². The number of rotatable bonds is 6. The molecular formula is C27H29ClN4O2. The molecule has 0 radical (unpaired) electrons. The maximum Gasteiger partial charge on any atom is 0.220 e. The monoisotopic (exact) mass is 476 g/mol. The molecule has 0 aliphatic carbocycles. The molecule has 1 aromatic carbocycles. The van der Waals surface area contributed by atoms with Gasteiger partial charge in [-0.1, -0.05) is 42.8 Å². The van der Waals surface area contributed by atoms with Gasteiger partial charge in [0.2, 0.25) is 5.91 Å². The molecular weight excluding hydrogens is 448 g/mol. The average Bonchev–Trinajstić information content (AvgIpc) is 3.22. The Labute approximate surface area is 205 Å². The number of likely N-dealkylation sites (tertiary alicyclic amines) is 1. The molecule has 176 valence electrons. The van der Waals surface area contributed by atoms with Crippen LogP contribution in [0.4, 0.5) is 0 Å². The normalized spacial score (nSPS) is 17.9. The number of ether oxygens (including phenoxy) is 1. The second-order valence-electron chi connectivity index (χ2n) is 9.09. The number of piperidine rings is 1. The lowest BCUT2D eigenvalue weighted by molar-refractivity contribution is -0.121. The number of carbonyl (C=O) groups is 1. The minimum absolute atomic E-state index is 0.0241. The molecule has 1 atom stereocenters. The number of aromatic nitrogens is 2. The molecule has 1 fully saturated rings. The van der Waals surface area contributed by atoms with E-state index in [0.717, 1.165) is 43.7 Å². The van der Waals surface area contributed by atoms with Crippen LogP contribution >= 0.6 is 11.6 Å². The summed E-state index contributed by atoms with van der Waals surface area (Å²) in [4.78, 5) is 23.4. The Morgan fingerprint density at radius 3 is 2.71 bits per heavy atom. The Balaban J connectivity index is 1.26. The molecule has 34 heavy (non-hydrogen) atoms. The van der Waals surface area contributed by atoms with E-state index in [-0.39, 0.29) is 17.6 Å². The first-order valence-electron chi connectivity index (χ1n) is 11.9. The number of benzene rings is 1. The van der Waals surface area contributed by atoms with Gasteiger partial charge in [-0.05, 0) is 47.7 Å². The molecule has 4 heterocycles.